The minimum atomic E-state index is 0.664. The van der Waals surface area contributed by atoms with Crippen LogP contribution in [0.15, 0.2) is 25.3 Å². The van der Waals surface area contributed by atoms with E-state index >= 15 is 0 Å². The Labute approximate surface area is 222 Å². The summed E-state index contributed by atoms with van der Waals surface area (Å²) in [6.07, 6.45) is 28.6. The van der Waals surface area contributed by atoms with Gasteiger partial charge >= 0.3 is 0 Å². The molecule has 0 heterocycles. The second-order valence-electron chi connectivity index (χ2n) is 13.4. The van der Waals surface area contributed by atoms with E-state index in [1.54, 1.807) is 44.9 Å². The quantitative estimate of drug-likeness (QED) is 0.237. The molecule has 204 valence electrons. The van der Waals surface area contributed by atoms with Crippen LogP contribution in [0, 0.1) is 46.3 Å². The lowest BCUT2D eigenvalue weighted by Crippen LogP contribution is -2.53. The van der Waals surface area contributed by atoms with E-state index in [-0.39, 0.29) is 0 Å². The Bertz CT molecular complexity index is 601. The van der Waals surface area contributed by atoms with Gasteiger partial charge in [-0.05, 0) is 117 Å². The number of rotatable bonds is 8. The fourth-order valence-corrected chi connectivity index (χ4v) is 9.23. The average Bonchev–Trinajstić information content (AvgIpc) is 3.23. The maximum absolute atomic E-state index is 3.89. The third-order valence-corrected chi connectivity index (χ3v) is 11.4. The standard InChI is InChI=1S/C27H46.C4H10.C4H8/c1-5-6-7-8-11-20(2)23-15-16-24-22-14-13-21-12-9-10-18-26(21,3)25(22)17-19-27(23,24)4;2*1-3-4-2/h5,20-25H,1,6-19H2,2-4H3;3-4H2,1-2H3;3H,1,4H2,2H3/t20-,21?,22?,23?,24?,25?,26?,27?;;/m1../s1. The van der Waals surface area contributed by atoms with Crippen molar-refractivity contribution in [3.8, 4) is 0 Å². The molecule has 0 radical (unpaired) electrons. The van der Waals surface area contributed by atoms with Gasteiger partial charge in [0.25, 0.3) is 0 Å². The second kappa shape index (κ2) is 15.0. The number of unbranched alkanes of at least 4 members (excludes halogenated alkanes) is 3. The van der Waals surface area contributed by atoms with Gasteiger partial charge in [0.05, 0.1) is 0 Å². The number of fused-ring (bicyclic) bond motifs is 5. The number of hydrogen-bond donors (Lipinski definition) is 0. The molecule has 35 heavy (non-hydrogen) atoms. The Morgan fingerprint density at radius 1 is 0.771 bits per heavy atom. The van der Waals surface area contributed by atoms with E-state index in [0.29, 0.717) is 10.8 Å². The van der Waals surface area contributed by atoms with Gasteiger partial charge in [-0.15, -0.1) is 13.2 Å². The lowest BCUT2D eigenvalue weighted by atomic mass is 9.44. The van der Waals surface area contributed by atoms with Crippen LogP contribution in [0.1, 0.15) is 151 Å². The molecule has 0 heteroatoms. The molecule has 0 aromatic heterocycles. The summed E-state index contributed by atoms with van der Waals surface area (Å²) < 4.78 is 0. The molecule has 4 aliphatic rings. The lowest BCUT2D eigenvalue weighted by Gasteiger charge is -2.61. The van der Waals surface area contributed by atoms with Crippen LogP contribution in [0.5, 0.6) is 0 Å². The molecule has 0 N–H and O–H groups in total. The van der Waals surface area contributed by atoms with E-state index in [2.05, 4.69) is 60.8 Å². The summed E-state index contributed by atoms with van der Waals surface area (Å²) in [5, 5.41) is 0. The Kier molecular flexibility index (Phi) is 13.2. The van der Waals surface area contributed by atoms with Gasteiger partial charge in [0.1, 0.15) is 0 Å². The van der Waals surface area contributed by atoms with Gasteiger partial charge in [-0.25, -0.2) is 0 Å². The predicted molar refractivity (Wildman–Crippen MR) is 159 cm³/mol. The molecule has 0 aromatic carbocycles. The smallest absolute Gasteiger partial charge is 0.0264 e. The van der Waals surface area contributed by atoms with E-state index in [0.717, 1.165) is 41.9 Å². The first-order chi connectivity index (χ1) is 16.8. The van der Waals surface area contributed by atoms with E-state index in [9.17, 15) is 0 Å². The molecule has 8 atom stereocenters. The largest absolute Gasteiger partial charge is 0.103 e. The van der Waals surface area contributed by atoms with Crippen molar-refractivity contribution in [2.24, 2.45) is 46.3 Å². The Balaban J connectivity index is 0.000000473. The van der Waals surface area contributed by atoms with Crippen molar-refractivity contribution in [3.05, 3.63) is 25.3 Å². The lowest BCUT2D eigenvalue weighted by molar-refractivity contribution is -0.114. The summed E-state index contributed by atoms with van der Waals surface area (Å²) in [6.45, 7) is 21.9. The molecule has 7 unspecified atom stereocenters. The normalized spacial score (nSPS) is 38.3. The zero-order valence-electron chi connectivity index (χ0n) is 25.1. The van der Waals surface area contributed by atoms with Crippen molar-refractivity contribution in [1.29, 1.82) is 0 Å². The molecule has 0 aliphatic heterocycles. The number of hydrogen-bond acceptors (Lipinski definition) is 0. The summed E-state index contributed by atoms with van der Waals surface area (Å²) >= 11 is 0. The molecule has 0 saturated heterocycles. The summed E-state index contributed by atoms with van der Waals surface area (Å²) in [4.78, 5) is 0. The summed E-state index contributed by atoms with van der Waals surface area (Å²) in [5.74, 6) is 6.19. The zero-order chi connectivity index (χ0) is 25.9. The molecule has 0 amide bonds. The highest BCUT2D eigenvalue weighted by Gasteiger charge is 2.59. The molecular weight excluding hydrogens is 420 g/mol. The first-order valence-electron chi connectivity index (χ1n) is 16.1. The van der Waals surface area contributed by atoms with Crippen LogP contribution in [-0.2, 0) is 0 Å². The van der Waals surface area contributed by atoms with Gasteiger partial charge in [-0.1, -0.05) is 92.2 Å². The summed E-state index contributed by atoms with van der Waals surface area (Å²) in [6, 6.07) is 0. The predicted octanol–water partition coefficient (Wildman–Crippen LogP) is 11.8. The molecular formula is C35H64. The molecule has 0 spiro atoms. The molecule has 0 aromatic rings. The van der Waals surface area contributed by atoms with E-state index < -0.39 is 0 Å². The van der Waals surface area contributed by atoms with Crippen LogP contribution in [-0.4, -0.2) is 0 Å². The van der Waals surface area contributed by atoms with Crippen LogP contribution in [0.2, 0.25) is 0 Å². The molecule has 4 rings (SSSR count). The summed E-state index contributed by atoms with van der Waals surface area (Å²) in [7, 11) is 0. The molecule has 4 fully saturated rings. The molecule has 0 nitrogen and oxygen atoms in total. The van der Waals surface area contributed by atoms with Gasteiger partial charge in [-0.2, -0.15) is 0 Å². The molecule has 4 saturated carbocycles. The van der Waals surface area contributed by atoms with Gasteiger partial charge in [-0.3, -0.25) is 0 Å². The van der Waals surface area contributed by atoms with Crippen LogP contribution >= 0.6 is 0 Å². The third kappa shape index (κ3) is 7.29. The van der Waals surface area contributed by atoms with Gasteiger partial charge < -0.3 is 0 Å². The highest BCUT2D eigenvalue weighted by atomic mass is 14.6. The van der Waals surface area contributed by atoms with Crippen LogP contribution < -0.4 is 0 Å². The maximum atomic E-state index is 3.89. The van der Waals surface area contributed by atoms with Gasteiger partial charge in [0.2, 0.25) is 0 Å². The first kappa shape index (κ1) is 30.7. The van der Waals surface area contributed by atoms with Gasteiger partial charge in [0.15, 0.2) is 0 Å². The fourth-order valence-electron chi connectivity index (χ4n) is 9.23. The third-order valence-electron chi connectivity index (χ3n) is 11.4. The van der Waals surface area contributed by atoms with E-state index in [4.69, 9.17) is 0 Å². The summed E-state index contributed by atoms with van der Waals surface area (Å²) in [5.41, 5.74) is 1.37. The highest BCUT2D eigenvalue weighted by molar-refractivity contribution is 5.09. The molecule has 0 bridgehead atoms. The van der Waals surface area contributed by atoms with Crippen LogP contribution in [0.25, 0.3) is 0 Å². The van der Waals surface area contributed by atoms with Crippen LogP contribution in [0.4, 0.5) is 0 Å². The zero-order valence-corrected chi connectivity index (χ0v) is 25.1. The number of allylic oxidation sites excluding steroid dienone is 2. The van der Waals surface area contributed by atoms with Crippen molar-refractivity contribution in [2.75, 3.05) is 0 Å². The Morgan fingerprint density at radius 2 is 1.46 bits per heavy atom. The topological polar surface area (TPSA) is 0 Å². The maximum Gasteiger partial charge on any atom is -0.0264 e. The first-order valence-corrected chi connectivity index (χ1v) is 16.1. The van der Waals surface area contributed by atoms with Crippen molar-refractivity contribution >= 4 is 0 Å². The minimum absolute atomic E-state index is 0.664. The SMILES string of the molecule is C=CCC.C=CCCCC[C@@H](C)C1CCC2C3CCC4CCCCC4(C)C3CCC21C.CCCC. The minimum Gasteiger partial charge on any atom is -0.103 e. The van der Waals surface area contributed by atoms with Crippen molar-refractivity contribution in [3.63, 3.8) is 0 Å². The van der Waals surface area contributed by atoms with Gasteiger partial charge in [0, 0.05) is 0 Å². The Hall–Kier alpha value is -0.520. The van der Waals surface area contributed by atoms with Crippen molar-refractivity contribution < 1.29 is 0 Å². The monoisotopic (exact) mass is 485 g/mol. The van der Waals surface area contributed by atoms with Crippen molar-refractivity contribution in [1.82, 2.24) is 0 Å². The molecule has 4 aliphatic carbocycles. The highest BCUT2D eigenvalue weighted by Crippen LogP contribution is 2.68. The second-order valence-corrected chi connectivity index (χ2v) is 13.4. The fraction of sp³-hybridized carbons (Fsp3) is 0.886. The van der Waals surface area contributed by atoms with Crippen LogP contribution in [0.3, 0.4) is 0 Å². The average molecular weight is 485 g/mol. The van der Waals surface area contributed by atoms with E-state index in [1.807, 2.05) is 6.08 Å². The Morgan fingerprint density at radius 3 is 2.09 bits per heavy atom. The van der Waals surface area contributed by atoms with Crippen molar-refractivity contribution in [2.45, 2.75) is 151 Å². The van der Waals surface area contributed by atoms with E-state index in [1.165, 1.54) is 57.8 Å².